The number of nitrogens with zero attached hydrogens (tertiary/aromatic N) is 3. The second-order valence-electron chi connectivity index (χ2n) is 5.77. The SMILES string of the molecule is CN(C)Cc1cnc(CN2CCS[C@H]3COCC[C@@H]32)s1. The van der Waals surface area contributed by atoms with Gasteiger partial charge >= 0.3 is 0 Å². The van der Waals surface area contributed by atoms with Crippen molar-refractivity contribution < 1.29 is 4.74 Å². The standard InChI is InChI=1S/C14H23N3OS2/c1-16(2)8-11-7-15-14(20-11)9-17-4-6-19-13-10-18-5-3-12(13)17/h7,12-13H,3-6,8-10H2,1-2H3/t12-,13-/m0/s1. The molecule has 0 aromatic carbocycles. The lowest BCUT2D eigenvalue weighted by atomic mass is 10.1. The van der Waals surface area contributed by atoms with E-state index in [4.69, 9.17) is 4.74 Å². The summed E-state index contributed by atoms with van der Waals surface area (Å²) in [5.41, 5.74) is 0. The zero-order valence-electron chi connectivity index (χ0n) is 12.2. The molecule has 0 amide bonds. The van der Waals surface area contributed by atoms with E-state index in [9.17, 15) is 0 Å². The maximum absolute atomic E-state index is 5.62. The van der Waals surface area contributed by atoms with Gasteiger partial charge in [-0.05, 0) is 20.5 Å². The van der Waals surface area contributed by atoms with Crippen molar-refractivity contribution >= 4 is 23.1 Å². The van der Waals surface area contributed by atoms with Crippen molar-refractivity contribution in [1.82, 2.24) is 14.8 Å². The Hall–Kier alpha value is -0.140. The van der Waals surface area contributed by atoms with Crippen molar-refractivity contribution in [2.24, 2.45) is 0 Å². The van der Waals surface area contributed by atoms with Gasteiger partial charge in [-0.15, -0.1) is 11.3 Å². The monoisotopic (exact) mass is 313 g/mol. The van der Waals surface area contributed by atoms with Gasteiger partial charge in [-0.25, -0.2) is 4.98 Å². The minimum Gasteiger partial charge on any atom is -0.380 e. The summed E-state index contributed by atoms with van der Waals surface area (Å²) in [6.07, 6.45) is 3.22. The third kappa shape index (κ3) is 3.54. The molecule has 0 radical (unpaired) electrons. The average molecular weight is 313 g/mol. The maximum Gasteiger partial charge on any atom is 0.107 e. The Morgan fingerprint density at radius 3 is 3.25 bits per heavy atom. The molecule has 0 aliphatic carbocycles. The maximum atomic E-state index is 5.62. The van der Waals surface area contributed by atoms with Crippen LogP contribution < -0.4 is 0 Å². The van der Waals surface area contributed by atoms with Crippen LogP contribution in [0.4, 0.5) is 0 Å². The Kier molecular flexibility index (Phi) is 4.99. The summed E-state index contributed by atoms with van der Waals surface area (Å²) in [6.45, 7) is 5.04. The highest BCUT2D eigenvalue weighted by Gasteiger charge is 2.34. The molecule has 20 heavy (non-hydrogen) atoms. The van der Waals surface area contributed by atoms with Crippen LogP contribution in [0, 0.1) is 0 Å². The molecule has 1 aromatic heterocycles. The molecular weight excluding hydrogens is 290 g/mol. The lowest BCUT2D eigenvalue weighted by Gasteiger charge is -2.43. The second kappa shape index (κ2) is 6.75. The zero-order valence-corrected chi connectivity index (χ0v) is 13.9. The van der Waals surface area contributed by atoms with Crippen molar-refractivity contribution in [2.45, 2.75) is 30.8 Å². The summed E-state index contributed by atoms with van der Waals surface area (Å²) in [5.74, 6) is 1.22. The van der Waals surface area contributed by atoms with E-state index < -0.39 is 0 Å². The van der Waals surface area contributed by atoms with Crippen molar-refractivity contribution in [1.29, 1.82) is 0 Å². The molecule has 6 heteroatoms. The highest BCUT2D eigenvalue weighted by atomic mass is 32.2. The van der Waals surface area contributed by atoms with Crippen LogP contribution in [0.3, 0.4) is 0 Å². The van der Waals surface area contributed by atoms with Gasteiger partial charge < -0.3 is 9.64 Å². The fraction of sp³-hybridized carbons (Fsp3) is 0.786. The molecule has 2 fully saturated rings. The minimum atomic E-state index is 0.665. The molecule has 0 unspecified atom stereocenters. The first-order valence-electron chi connectivity index (χ1n) is 7.24. The Labute approximate surface area is 129 Å². The van der Waals surface area contributed by atoms with Crippen molar-refractivity contribution in [3.05, 3.63) is 16.1 Å². The smallest absolute Gasteiger partial charge is 0.107 e. The van der Waals surface area contributed by atoms with Gasteiger partial charge in [0.15, 0.2) is 0 Å². The van der Waals surface area contributed by atoms with Crippen LogP contribution >= 0.6 is 23.1 Å². The molecule has 3 rings (SSSR count). The van der Waals surface area contributed by atoms with E-state index in [1.807, 2.05) is 17.5 Å². The predicted octanol–water partition coefficient (Wildman–Crippen LogP) is 1.91. The van der Waals surface area contributed by atoms with E-state index in [2.05, 4.69) is 40.6 Å². The Bertz CT molecular complexity index is 436. The van der Waals surface area contributed by atoms with Crippen LogP contribution in [-0.2, 0) is 17.8 Å². The van der Waals surface area contributed by atoms with E-state index in [-0.39, 0.29) is 0 Å². The van der Waals surface area contributed by atoms with Gasteiger partial charge in [-0.2, -0.15) is 11.8 Å². The number of hydrogen-bond acceptors (Lipinski definition) is 6. The summed E-state index contributed by atoms with van der Waals surface area (Å²) in [4.78, 5) is 10.8. The number of thioether (sulfide) groups is 1. The van der Waals surface area contributed by atoms with Gasteiger partial charge in [-0.1, -0.05) is 0 Å². The summed E-state index contributed by atoms with van der Waals surface area (Å²) in [5, 5.41) is 1.93. The fourth-order valence-electron chi connectivity index (χ4n) is 2.94. The van der Waals surface area contributed by atoms with Crippen LogP contribution in [0.5, 0.6) is 0 Å². The molecule has 3 heterocycles. The number of fused-ring (bicyclic) bond motifs is 1. The van der Waals surface area contributed by atoms with Gasteiger partial charge in [0.05, 0.1) is 13.2 Å². The number of thiazole rings is 1. The van der Waals surface area contributed by atoms with E-state index in [0.29, 0.717) is 11.3 Å². The minimum absolute atomic E-state index is 0.665. The van der Waals surface area contributed by atoms with Crippen molar-refractivity contribution in [3.63, 3.8) is 0 Å². The normalized spacial score (nSPS) is 27.8. The van der Waals surface area contributed by atoms with E-state index in [1.165, 1.54) is 28.6 Å². The summed E-state index contributed by atoms with van der Waals surface area (Å²) >= 11 is 3.95. The number of rotatable bonds is 4. The van der Waals surface area contributed by atoms with E-state index in [1.54, 1.807) is 0 Å². The Balaban J connectivity index is 1.62. The van der Waals surface area contributed by atoms with Crippen LogP contribution in [0.1, 0.15) is 16.3 Å². The summed E-state index contributed by atoms with van der Waals surface area (Å²) in [7, 11) is 4.21. The van der Waals surface area contributed by atoms with Gasteiger partial charge in [0.25, 0.3) is 0 Å². The van der Waals surface area contributed by atoms with Gasteiger partial charge in [-0.3, -0.25) is 4.90 Å². The average Bonchev–Trinajstić information content (AvgIpc) is 2.86. The predicted molar refractivity (Wildman–Crippen MR) is 85.4 cm³/mol. The Morgan fingerprint density at radius 2 is 2.40 bits per heavy atom. The highest BCUT2D eigenvalue weighted by Crippen LogP contribution is 2.31. The van der Waals surface area contributed by atoms with E-state index in [0.717, 1.165) is 26.3 Å². The molecule has 0 bridgehead atoms. The molecule has 2 aliphatic heterocycles. The molecule has 0 saturated carbocycles. The third-order valence-electron chi connectivity index (χ3n) is 3.86. The molecule has 2 atom stereocenters. The van der Waals surface area contributed by atoms with Crippen LogP contribution in [0.15, 0.2) is 6.20 Å². The first-order chi connectivity index (χ1) is 9.72. The molecule has 2 aliphatic rings. The molecule has 112 valence electrons. The van der Waals surface area contributed by atoms with Gasteiger partial charge in [0.1, 0.15) is 5.01 Å². The largest absolute Gasteiger partial charge is 0.380 e. The summed E-state index contributed by atoms with van der Waals surface area (Å²) < 4.78 is 5.62. The first kappa shape index (κ1) is 14.8. The third-order valence-corrected chi connectivity index (χ3v) is 6.12. The van der Waals surface area contributed by atoms with Crippen LogP contribution in [0.2, 0.25) is 0 Å². The summed E-state index contributed by atoms with van der Waals surface area (Å²) in [6, 6.07) is 0.684. The molecule has 1 aromatic rings. The number of ether oxygens (including phenoxy) is 1. The van der Waals surface area contributed by atoms with Crippen molar-refractivity contribution in [2.75, 3.05) is 39.6 Å². The fourth-order valence-corrected chi connectivity index (χ4v) is 5.37. The lowest BCUT2D eigenvalue weighted by Crippen LogP contribution is -2.51. The number of hydrogen-bond donors (Lipinski definition) is 0. The van der Waals surface area contributed by atoms with E-state index >= 15 is 0 Å². The molecule has 0 N–H and O–H groups in total. The van der Waals surface area contributed by atoms with Gasteiger partial charge in [0.2, 0.25) is 0 Å². The van der Waals surface area contributed by atoms with Crippen molar-refractivity contribution in [3.8, 4) is 0 Å². The van der Waals surface area contributed by atoms with Crippen LogP contribution in [0.25, 0.3) is 0 Å². The molecule has 4 nitrogen and oxygen atoms in total. The zero-order chi connectivity index (χ0) is 13.9. The quantitative estimate of drug-likeness (QED) is 0.847. The molecular formula is C14H23N3OS2. The molecule has 0 spiro atoms. The lowest BCUT2D eigenvalue weighted by molar-refractivity contribution is 0.0351. The highest BCUT2D eigenvalue weighted by molar-refractivity contribution is 8.00. The Morgan fingerprint density at radius 1 is 1.50 bits per heavy atom. The number of aromatic nitrogens is 1. The first-order valence-corrected chi connectivity index (χ1v) is 9.10. The topological polar surface area (TPSA) is 28.6 Å². The van der Waals surface area contributed by atoms with Crippen LogP contribution in [-0.4, -0.2) is 65.7 Å². The molecule has 2 saturated heterocycles. The van der Waals surface area contributed by atoms with Gasteiger partial charge in [0, 0.05) is 47.8 Å². The second-order valence-corrected chi connectivity index (χ2v) is 8.32.